The average Bonchev–Trinajstić information content (AvgIpc) is 2.47. The van der Waals surface area contributed by atoms with Gasteiger partial charge in [-0.15, -0.1) is 0 Å². The molecule has 2 N–H and O–H groups in total. The summed E-state index contributed by atoms with van der Waals surface area (Å²) >= 11 is 0. The molecule has 20 heavy (non-hydrogen) atoms. The van der Waals surface area contributed by atoms with Crippen LogP contribution in [0.3, 0.4) is 0 Å². The van der Waals surface area contributed by atoms with Crippen molar-refractivity contribution >= 4 is 11.9 Å². The van der Waals surface area contributed by atoms with E-state index in [1.807, 2.05) is 0 Å². The molecule has 0 aromatic carbocycles. The molecule has 5 heteroatoms. The maximum Gasteiger partial charge on any atom is 0.335 e. The molecule has 2 fully saturated rings. The van der Waals surface area contributed by atoms with Crippen molar-refractivity contribution in [3.05, 3.63) is 0 Å². The summed E-state index contributed by atoms with van der Waals surface area (Å²) in [6, 6.07) is 0. The molecule has 1 saturated heterocycles. The van der Waals surface area contributed by atoms with E-state index in [0.29, 0.717) is 13.1 Å². The molecule has 1 heterocycles. The summed E-state index contributed by atoms with van der Waals surface area (Å²) < 4.78 is 0. The van der Waals surface area contributed by atoms with Crippen molar-refractivity contribution in [2.75, 3.05) is 13.1 Å². The van der Waals surface area contributed by atoms with Crippen molar-refractivity contribution in [1.82, 2.24) is 4.90 Å². The summed E-state index contributed by atoms with van der Waals surface area (Å²) in [5.74, 6) is -0.147. The fourth-order valence-electron chi connectivity index (χ4n) is 3.39. The standard InChI is InChI=1S/C15H25NO4/c1-2-11-3-5-12(6-4-11)13(17)16-9-7-15(20,8-10-16)14(18)19/h11-12,20H,2-10H2,1H3,(H,18,19). The molecule has 5 nitrogen and oxygen atoms in total. The van der Waals surface area contributed by atoms with E-state index >= 15 is 0 Å². The van der Waals surface area contributed by atoms with E-state index in [-0.39, 0.29) is 24.7 Å². The van der Waals surface area contributed by atoms with Gasteiger partial charge in [0.15, 0.2) is 5.60 Å². The van der Waals surface area contributed by atoms with Gasteiger partial charge < -0.3 is 15.1 Å². The van der Waals surface area contributed by atoms with Gasteiger partial charge in [-0.05, 0) is 31.6 Å². The lowest BCUT2D eigenvalue weighted by Gasteiger charge is -2.38. The molecule has 0 atom stereocenters. The van der Waals surface area contributed by atoms with Gasteiger partial charge in [0.25, 0.3) is 0 Å². The van der Waals surface area contributed by atoms with Crippen LogP contribution in [0.1, 0.15) is 51.9 Å². The van der Waals surface area contributed by atoms with Crippen molar-refractivity contribution < 1.29 is 19.8 Å². The third kappa shape index (κ3) is 3.14. The molecule has 2 rings (SSSR count). The van der Waals surface area contributed by atoms with Gasteiger partial charge in [-0.25, -0.2) is 4.79 Å². The number of carboxylic acids is 1. The predicted molar refractivity (Wildman–Crippen MR) is 74.1 cm³/mol. The van der Waals surface area contributed by atoms with E-state index in [9.17, 15) is 14.7 Å². The number of aliphatic hydroxyl groups is 1. The molecule has 1 amide bonds. The molecule has 0 aromatic rings. The Kier molecular flexibility index (Phi) is 4.68. The summed E-state index contributed by atoms with van der Waals surface area (Å²) in [5, 5.41) is 18.9. The lowest BCUT2D eigenvalue weighted by atomic mass is 9.80. The molecule has 1 aliphatic heterocycles. The van der Waals surface area contributed by atoms with E-state index < -0.39 is 11.6 Å². The Labute approximate surface area is 120 Å². The van der Waals surface area contributed by atoms with Gasteiger partial charge in [0.1, 0.15) is 0 Å². The predicted octanol–water partition coefficient (Wildman–Crippen LogP) is 1.64. The summed E-state index contributed by atoms with van der Waals surface area (Å²) in [6.45, 7) is 2.91. The average molecular weight is 283 g/mol. The van der Waals surface area contributed by atoms with E-state index in [4.69, 9.17) is 5.11 Å². The molecule has 1 saturated carbocycles. The van der Waals surface area contributed by atoms with Gasteiger partial charge in [-0.3, -0.25) is 4.79 Å². The zero-order chi connectivity index (χ0) is 14.8. The Bertz CT molecular complexity index is 366. The van der Waals surface area contributed by atoms with Crippen LogP contribution in [0, 0.1) is 11.8 Å². The van der Waals surface area contributed by atoms with E-state index in [1.165, 1.54) is 6.42 Å². The van der Waals surface area contributed by atoms with Crippen LogP contribution in [-0.4, -0.2) is 45.7 Å². The minimum Gasteiger partial charge on any atom is -0.479 e. The first-order valence-corrected chi connectivity index (χ1v) is 7.71. The van der Waals surface area contributed by atoms with Crippen molar-refractivity contribution in [2.45, 2.75) is 57.5 Å². The summed E-state index contributed by atoms with van der Waals surface area (Å²) in [7, 11) is 0. The summed E-state index contributed by atoms with van der Waals surface area (Å²) in [5.41, 5.74) is -1.64. The van der Waals surface area contributed by atoms with Crippen molar-refractivity contribution in [2.24, 2.45) is 11.8 Å². The molecule has 1 aliphatic carbocycles. The van der Waals surface area contributed by atoms with Gasteiger partial charge in [0.05, 0.1) is 0 Å². The molecule has 2 aliphatic rings. The van der Waals surface area contributed by atoms with Crippen LogP contribution in [0.15, 0.2) is 0 Å². The molecule has 0 spiro atoms. The van der Waals surface area contributed by atoms with Crippen LogP contribution >= 0.6 is 0 Å². The second-order valence-corrected chi connectivity index (χ2v) is 6.29. The van der Waals surface area contributed by atoms with E-state index in [2.05, 4.69) is 6.92 Å². The third-order valence-electron chi connectivity index (χ3n) is 5.07. The lowest BCUT2D eigenvalue weighted by Crippen LogP contribution is -2.52. The molecular weight excluding hydrogens is 258 g/mol. The quantitative estimate of drug-likeness (QED) is 0.825. The van der Waals surface area contributed by atoms with Crippen LogP contribution in [-0.2, 0) is 9.59 Å². The maximum absolute atomic E-state index is 12.4. The number of carbonyl (C=O) groups is 2. The third-order valence-corrected chi connectivity index (χ3v) is 5.07. The summed E-state index contributed by atoms with van der Waals surface area (Å²) in [4.78, 5) is 25.1. The van der Waals surface area contributed by atoms with Crippen LogP contribution in [0.2, 0.25) is 0 Å². The van der Waals surface area contributed by atoms with Gasteiger partial charge in [0, 0.05) is 31.8 Å². The largest absolute Gasteiger partial charge is 0.479 e. The first kappa shape index (κ1) is 15.3. The topological polar surface area (TPSA) is 77.8 Å². The highest BCUT2D eigenvalue weighted by Gasteiger charge is 2.41. The highest BCUT2D eigenvalue weighted by atomic mass is 16.4. The SMILES string of the molecule is CCC1CCC(C(=O)N2CCC(O)(C(=O)O)CC2)CC1. The molecule has 0 radical (unpaired) electrons. The zero-order valence-corrected chi connectivity index (χ0v) is 12.2. The minimum atomic E-state index is -1.64. The summed E-state index contributed by atoms with van der Waals surface area (Å²) in [6.07, 6.45) is 5.63. The Hall–Kier alpha value is -1.10. The highest BCUT2D eigenvalue weighted by Crippen LogP contribution is 2.33. The lowest BCUT2D eigenvalue weighted by molar-refractivity contribution is -0.166. The number of hydrogen-bond donors (Lipinski definition) is 2. The van der Waals surface area contributed by atoms with Gasteiger partial charge >= 0.3 is 5.97 Å². The second-order valence-electron chi connectivity index (χ2n) is 6.29. The normalized spacial score (nSPS) is 30.0. The number of hydrogen-bond acceptors (Lipinski definition) is 3. The van der Waals surface area contributed by atoms with Crippen LogP contribution in [0.5, 0.6) is 0 Å². The number of carboxylic acid groups (broad SMARTS) is 1. The Morgan fingerprint density at radius 1 is 1.15 bits per heavy atom. The van der Waals surface area contributed by atoms with E-state index in [1.54, 1.807) is 4.90 Å². The molecular formula is C15H25NO4. The van der Waals surface area contributed by atoms with Crippen molar-refractivity contribution in [1.29, 1.82) is 0 Å². The minimum absolute atomic E-state index is 0.105. The number of aliphatic carboxylic acids is 1. The first-order valence-electron chi connectivity index (χ1n) is 7.71. The zero-order valence-electron chi connectivity index (χ0n) is 12.2. The van der Waals surface area contributed by atoms with Crippen molar-refractivity contribution in [3.8, 4) is 0 Å². The number of amides is 1. The number of likely N-dealkylation sites (tertiary alicyclic amines) is 1. The maximum atomic E-state index is 12.4. The fourth-order valence-corrected chi connectivity index (χ4v) is 3.39. The first-order chi connectivity index (χ1) is 9.46. The van der Waals surface area contributed by atoms with Gasteiger partial charge in [-0.2, -0.15) is 0 Å². The molecule has 0 unspecified atom stereocenters. The number of nitrogens with zero attached hydrogens (tertiary/aromatic N) is 1. The Morgan fingerprint density at radius 2 is 1.70 bits per heavy atom. The van der Waals surface area contributed by atoms with Crippen LogP contribution in [0.4, 0.5) is 0 Å². The smallest absolute Gasteiger partial charge is 0.335 e. The molecule has 114 valence electrons. The van der Waals surface area contributed by atoms with Crippen molar-refractivity contribution in [3.63, 3.8) is 0 Å². The molecule has 0 bridgehead atoms. The monoisotopic (exact) mass is 283 g/mol. The number of rotatable bonds is 3. The fraction of sp³-hybridized carbons (Fsp3) is 0.867. The number of piperidine rings is 1. The second kappa shape index (κ2) is 6.12. The van der Waals surface area contributed by atoms with Gasteiger partial charge in [-0.1, -0.05) is 13.3 Å². The van der Waals surface area contributed by atoms with Crippen LogP contribution < -0.4 is 0 Å². The Morgan fingerprint density at radius 3 is 2.15 bits per heavy atom. The highest BCUT2D eigenvalue weighted by molar-refractivity contribution is 5.81. The van der Waals surface area contributed by atoms with Gasteiger partial charge in [0.2, 0.25) is 5.91 Å². The molecule has 0 aromatic heterocycles. The van der Waals surface area contributed by atoms with E-state index in [0.717, 1.165) is 31.6 Å². The number of carbonyl (C=O) groups excluding carboxylic acids is 1. The van der Waals surface area contributed by atoms with Crippen LogP contribution in [0.25, 0.3) is 0 Å². The Balaban J connectivity index is 1.85.